The molecule has 3 rings (SSSR count). The zero-order valence-corrected chi connectivity index (χ0v) is 11.9. The van der Waals surface area contributed by atoms with Gasteiger partial charge in [0.2, 0.25) is 0 Å². The lowest BCUT2D eigenvalue weighted by Gasteiger charge is -2.43. The normalized spacial score (nSPS) is 16.9. The van der Waals surface area contributed by atoms with Gasteiger partial charge in [0.15, 0.2) is 0 Å². The van der Waals surface area contributed by atoms with Gasteiger partial charge in [-0.3, -0.25) is 0 Å². The zero-order chi connectivity index (χ0) is 13.3. The zero-order valence-electron chi connectivity index (χ0n) is 11.1. The Balaban J connectivity index is 1.87. The second-order valence-electron chi connectivity index (χ2n) is 5.55. The standard InChI is InChI=1S/C17H18ClN/c1-13-2-6-15(7-3-13)17(11-19-12-17)10-14-4-8-16(18)9-5-14/h2-9,19H,10-12H2,1H3. The van der Waals surface area contributed by atoms with Crippen LogP contribution in [0.5, 0.6) is 0 Å². The molecule has 1 aliphatic rings. The van der Waals surface area contributed by atoms with Crippen molar-refractivity contribution in [1.82, 2.24) is 5.32 Å². The van der Waals surface area contributed by atoms with Crippen LogP contribution in [-0.2, 0) is 11.8 Å². The summed E-state index contributed by atoms with van der Waals surface area (Å²) >= 11 is 5.95. The van der Waals surface area contributed by atoms with E-state index < -0.39 is 0 Å². The second-order valence-corrected chi connectivity index (χ2v) is 5.99. The Morgan fingerprint density at radius 2 is 1.63 bits per heavy atom. The summed E-state index contributed by atoms with van der Waals surface area (Å²) in [6.07, 6.45) is 1.07. The first kappa shape index (κ1) is 12.7. The van der Waals surface area contributed by atoms with E-state index in [2.05, 4.69) is 48.6 Å². The third-order valence-electron chi connectivity index (χ3n) is 4.05. The third kappa shape index (κ3) is 2.54. The van der Waals surface area contributed by atoms with Gasteiger partial charge in [-0.2, -0.15) is 0 Å². The van der Waals surface area contributed by atoms with E-state index in [0.29, 0.717) is 0 Å². The van der Waals surface area contributed by atoms with Crippen molar-refractivity contribution < 1.29 is 0 Å². The van der Waals surface area contributed by atoms with E-state index in [-0.39, 0.29) is 5.41 Å². The van der Waals surface area contributed by atoms with E-state index in [4.69, 9.17) is 11.6 Å². The van der Waals surface area contributed by atoms with Crippen LogP contribution in [0.1, 0.15) is 16.7 Å². The number of benzene rings is 2. The van der Waals surface area contributed by atoms with E-state index in [1.807, 2.05) is 12.1 Å². The molecule has 1 nitrogen and oxygen atoms in total. The molecule has 2 heteroatoms. The molecular formula is C17H18ClN. The summed E-state index contributed by atoms with van der Waals surface area (Å²) in [5.74, 6) is 0. The minimum absolute atomic E-state index is 0.252. The highest BCUT2D eigenvalue weighted by molar-refractivity contribution is 6.30. The molecule has 1 aliphatic heterocycles. The SMILES string of the molecule is Cc1ccc(C2(Cc3ccc(Cl)cc3)CNC2)cc1. The van der Waals surface area contributed by atoms with Crippen molar-refractivity contribution in [3.05, 3.63) is 70.2 Å². The van der Waals surface area contributed by atoms with Crippen LogP contribution < -0.4 is 5.32 Å². The van der Waals surface area contributed by atoms with E-state index in [1.165, 1.54) is 16.7 Å². The molecule has 0 aromatic heterocycles. The van der Waals surface area contributed by atoms with Crippen LogP contribution in [0.25, 0.3) is 0 Å². The lowest BCUT2D eigenvalue weighted by Crippen LogP contribution is -2.58. The lowest BCUT2D eigenvalue weighted by atomic mass is 9.71. The summed E-state index contributed by atoms with van der Waals surface area (Å²) in [6.45, 7) is 4.24. The molecular weight excluding hydrogens is 254 g/mol. The van der Waals surface area contributed by atoms with Gasteiger partial charge in [-0.25, -0.2) is 0 Å². The Bertz CT molecular complexity index is 553. The summed E-state index contributed by atoms with van der Waals surface area (Å²) in [5.41, 5.74) is 4.36. The largest absolute Gasteiger partial charge is 0.315 e. The fourth-order valence-electron chi connectivity index (χ4n) is 2.76. The summed E-state index contributed by atoms with van der Waals surface area (Å²) in [5, 5.41) is 4.23. The highest BCUT2D eigenvalue weighted by atomic mass is 35.5. The van der Waals surface area contributed by atoms with Crippen molar-refractivity contribution in [2.45, 2.75) is 18.8 Å². The molecule has 2 aromatic carbocycles. The van der Waals surface area contributed by atoms with Crippen molar-refractivity contribution in [1.29, 1.82) is 0 Å². The smallest absolute Gasteiger partial charge is 0.0406 e. The Labute approximate surface area is 119 Å². The Kier molecular flexibility index (Phi) is 3.34. The second kappa shape index (κ2) is 4.99. The van der Waals surface area contributed by atoms with Crippen LogP contribution in [0.4, 0.5) is 0 Å². The maximum absolute atomic E-state index is 5.95. The van der Waals surface area contributed by atoms with Crippen LogP contribution >= 0.6 is 11.6 Å². The third-order valence-corrected chi connectivity index (χ3v) is 4.30. The molecule has 1 N–H and O–H groups in total. The maximum Gasteiger partial charge on any atom is 0.0406 e. The molecule has 1 fully saturated rings. The number of hydrogen-bond donors (Lipinski definition) is 1. The van der Waals surface area contributed by atoms with Gasteiger partial charge in [-0.05, 0) is 36.6 Å². The fraction of sp³-hybridized carbons (Fsp3) is 0.294. The topological polar surface area (TPSA) is 12.0 Å². The van der Waals surface area contributed by atoms with Crippen molar-refractivity contribution in [2.75, 3.05) is 13.1 Å². The highest BCUT2D eigenvalue weighted by Crippen LogP contribution is 2.33. The molecule has 0 bridgehead atoms. The van der Waals surface area contributed by atoms with Crippen LogP contribution in [-0.4, -0.2) is 13.1 Å². The minimum atomic E-state index is 0.252. The van der Waals surface area contributed by atoms with Gasteiger partial charge >= 0.3 is 0 Å². The highest BCUT2D eigenvalue weighted by Gasteiger charge is 2.38. The number of aryl methyl sites for hydroxylation is 1. The predicted octanol–water partition coefficient (Wildman–Crippen LogP) is 3.73. The molecule has 0 aliphatic carbocycles. The number of nitrogens with one attached hydrogen (secondary N) is 1. The Hall–Kier alpha value is -1.31. The van der Waals surface area contributed by atoms with E-state index in [9.17, 15) is 0 Å². The predicted molar refractivity (Wildman–Crippen MR) is 80.9 cm³/mol. The van der Waals surface area contributed by atoms with E-state index >= 15 is 0 Å². The lowest BCUT2D eigenvalue weighted by molar-refractivity contribution is 0.274. The quantitative estimate of drug-likeness (QED) is 0.897. The monoisotopic (exact) mass is 271 g/mol. The first-order valence-corrected chi connectivity index (χ1v) is 7.08. The molecule has 1 heterocycles. The van der Waals surface area contributed by atoms with Gasteiger partial charge in [0.25, 0.3) is 0 Å². The molecule has 2 aromatic rings. The first-order valence-electron chi connectivity index (χ1n) is 6.70. The summed E-state index contributed by atoms with van der Waals surface area (Å²) in [7, 11) is 0. The molecule has 0 saturated carbocycles. The van der Waals surface area contributed by atoms with Crippen LogP contribution in [0.3, 0.4) is 0 Å². The molecule has 98 valence electrons. The molecule has 0 unspecified atom stereocenters. The van der Waals surface area contributed by atoms with Crippen molar-refractivity contribution in [3.8, 4) is 0 Å². The molecule has 19 heavy (non-hydrogen) atoms. The van der Waals surface area contributed by atoms with Gasteiger partial charge in [-0.1, -0.05) is 53.6 Å². The van der Waals surface area contributed by atoms with Gasteiger partial charge in [0.05, 0.1) is 0 Å². The number of hydrogen-bond acceptors (Lipinski definition) is 1. The fourth-order valence-corrected chi connectivity index (χ4v) is 2.88. The van der Waals surface area contributed by atoms with Crippen molar-refractivity contribution in [2.24, 2.45) is 0 Å². The molecule has 0 spiro atoms. The minimum Gasteiger partial charge on any atom is -0.315 e. The summed E-state index contributed by atoms with van der Waals surface area (Å²) in [4.78, 5) is 0. The van der Waals surface area contributed by atoms with Gasteiger partial charge in [-0.15, -0.1) is 0 Å². The van der Waals surface area contributed by atoms with E-state index in [0.717, 1.165) is 24.5 Å². The number of rotatable bonds is 3. The molecule has 1 saturated heterocycles. The van der Waals surface area contributed by atoms with Gasteiger partial charge in [0, 0.05) is 23.5 Å². The average Bonchev–Trinajstić information content (AvgIpc) is 2.37. The molecule has 0 radical (unpaired) electrons. The average molecular weight is 272 g/mol. The first-order chi connectivity index (χ1) is 9.18. The maximum atomic E-state index is 5.95. The van der Waals surface area contributed by atoms with Gasteiger partial charge < -0.3 is 5.32 Å². The van der Waals surface area contributed by atoms with Crippen LogP contribution in [0.2, 0.25) is 5.02 Å². The van der Waals surface area contributed by atoms with Crippen LogP contribution in [0.15, 0.2) is 48.5 Å². The van der Waals surface area contributed by atoms with Crippen LogP contribution in [0, 0.1) is 6.92 Å². The van der Waals surface area contributed by atoms with Gasteiger partial charge in [0.1, 0.15) is 0 Å². The van der Waals surface area contributed by atoms with E-state index in [1.54, 1.807) is 0 Å². The van der Waals surface area contributed by atoms with Crippen molar-refractivity contribution in [3.63, 3.8) is 0 Å². The Morgan fingerprint density at radius 3 is 2.16 bits per heavy atom. The Morgan fingerprint density at radius 1 is 1.00 bits per heavy atom. The molecule has 0 atom stereocenters. The molecule has 0 amide bonds. The van der Waals surface area contributed by atoms with Crippen molar-refractivity contribution >= 4 is 11.6 Å². The number of halogens is 1. The summed E-state index contributed by atoms with van der Waals surface area (Å²) in [6, 6.07) is 17.2. The summed E-state index contributed by atoms with van der Waals surface area (Å²) < 4.78 is 0.